The second kappa shape index (κ2) is 4.14. The van der Waals surface area contributed by atoms with Crippen LogP contribution in [0.1, 0.15) is 17.3 Å². The molecule has 0 saturated carbocycles. The van der Waals surface area contributed by atoms with Crippen molar-refractivity contribution in [3.05, 3.63) is 36.0 Å². The number of carbonyl (C=O) groups excluding carboxylic acids is 1. The zero-order chi connectivity index (χ0) is 12.6. The largest absolute Gasteiger partial charge is 0.380 e. The highest BCUT2D eigenvalue weighted by atomic mass is 16.5. The van der Waals surface area contributed by atoms with E-state index in [1.54, 1.807) is 0 Å². The molecule has 0 spiro atoms. The van der Waals surface area contributed by atoms with E-state index < -0.39 is 0 Å². The monoisotopic (exact) mass is 244 g/mol. The van der Waals surface area contributed by atoms with Gasteiger partial charge in [0.05, 0.1) is 13.2 Å². The maximum Gasteiger partial charge on any atom is 0.251 e. The average molecular weight is 244 g/mol. The van der Waals surface area contributed by atoms with Gasteiger partial charge in [-0.05, 0) is 18.2 Å². The summed E-state index contributed by atoms with van der Waals surface area (Å²) in [6.07, 6.45) is 1.85. The van der Waals surface area contributed by atoms with Gasteiger partial charge in [-0.2, -0.15) is 0 Å². The fraction of sp³-hybridized carbons (Fsp3) is 0.357. The number of nitrogens with one attached hydrogen (secondary N) is 2. The summed E-state index contributed by atoms with van der Waals surface area (Å²) in [5, 5.41) is 3.95. The number of hydrogen-bond donors (Lipinski definition) is 2. The predicted molar refractivity (Wildman–Crippen MR) is 69.6 cm³/mol. The van der Waals surface area contributed by atoms with Crippen LogP contribution in [0.5, 0.6) is 0 Å². The molecule has 1 saturated heterocycles. The van der Waals surface area contributed by atoms with E-state index in [1.165, 1.54) is 0 Å². The predicted octanol–water partition coefficient (Wildman–Crippen LogP) is 1.93. The molecule has 0 aliphatic carbocycles. The van der Waals surface area contributed by atoms with Crippen molar-refractivity contribution in [1.29, 1.82) is 0 Å². The second-order valence-corrected chi connectivity index (χ2v) is 5.23. The van der Waals surface area contributed by atoms with Crippen molar-refractivity contribution in [2.75, 3.05) is 19.8 Å². The van der Waals surface area contributed by atoms with Crippen LogP contribution in [0.15, 0.2) is 30.5 Å². The molecule has 1 amide bonds. The number of amides is 1. The van der Waals surface area contributed by atoms with E-state index in [0.717, 1.165) is 29.7 Å². The van der Waals surface area contributed by atoms with Gasteiger partial charge < -0.3 is 15.0 Å². The lowest BCUT2D eigenvalue weighted by molar-refractivity contribution is -0.0978. The summed E-state index contributed by atoms with van der Waals surface area (Å²) >= 11 is 0. The van der Waals surface area contributed by atoms with E-state index >= 15 is 0 Å². The van der Waals surface area contributed by atoms with Gasteiger partial charge in [-0.25, -0.2) is 0 Å². The lowest BCUT2D eigenvalue weighted by Gasteiger charge is -2.38. The molecule has 2 heterocycles. The Morgan fingerprint density at radius 1 is 1.44 bits per heavy atom. The van der Waals surface area contributed by atoms with Crippen molar-refractivity contribution in [1.82, 2.24) is 10.3 Å². The lowest BCUT2D eigenvalue weighted by Crippen LogP contribution is -2.48. The SMILES string of the molecule is CC1(CNC(=O)c2cccc3[nH]ccc23)COC1. The number of ether oxygens (including phenoxy) is 1. The average Bonchev–Trinajstić information content (AvgIpc) is 2.81. The molecule has 4 nitrogen and oxygen atoms in total. The Bertz CT molecular complexity index is 584. The number of rotatable bonds is 3. The third-order valence-corrected chi connectivity index (χ3v) is 3.42. The van der Waals surface area contributed by atoms with E-state index in [-0.39, 0.29) is 11.3 Å². The molecule has 3 rings (SSSR count). The number of aromatic amines is 1. The minimum Gasteiger partial charge on any atom is -0.380 e. The first kappa shape index (κ1) is 11.3. The Morgan fingerprint density at radius 2 is 2.28 bits per heavy atom. The maximum atomic E-state index is 12.2. The van der Waals surface area contributed by atoms with Gasteiger partial charge in [-0.15, -0.1) is 0 Å². The minimum atomic E-state index is -0.0201. The molecule has 0 unspecified atom stereocenters. The number of aromatic nitrogens is 1. The Hall–Kier alpha value is -1.81. The quantitative estimate of drug-likeness (QED) is 0.866. The molecule has 1 aliphatic heterocycles. The van der Waals surface area contributed by atoms with Crippen LogP contribution in [0.25, 0.3) is 10.9 Å². The van der Waals surface area contributed by atoms with E-state index in [0.29, 0.717) is 6.54 Å². The molecule has 0 radical (unpaired) electrons. The fourth-order valence-corrected chi connectivity index (χ4v) is 2.22. The van der Waals surface area contributed by atoms with E-state index in [9.17, 15) is 4.79 Å². The third-order valence-electron chi connectivity index (χ3n) is 3.42. The van der Waals surface area contributed by atoms with Crippen LogP contribution in [0, 0.1) is 5.41 Å². The smallest absolute Gasteiger partial charge is 0.251 e. The Kier molecular flexibility index (Phi) is 2.59. The molecule has 1 aliphatic rings. The molecular weight excluding hydrogens is 228 g/mol. The molecule has 0 atom stereocenters. The van der Waals surface area contributed by atoms with E-state index in [1.807, 2.05) is 30.5 Å². The zero-order valence-electron chi connectivity index (χ0n) is 10.3. The van der Waals surface area contributed by atoms with Gasteiger partial charge in [0.15, 0.2) is 0 Å². The Balaban J connectivity index is 1.77. The Morgan fingerprint density at radius 3 is 3.00 bits per heavy atom. The summed E-state index contributed by atoms with van der Waals surface area (Å²) in [5.74, 6) is -0.0201. The maximum absolute atomic E-state index is 12.2. The van der Waals surface area contributed by atoms with Crippen molar-refractivity contribution in [2.45, 2.75) is 6.92 Å². The molecule has 94 valence electrons. The van der Waals surface area contributed by atoms with Crippen LogP contribution in [-0.4, -0.2) is 30.6 Å². The summed E-state index contributed by atoms with van der Waals surface area (Å²) in [6, 6.07) is 7.64. The highest BCUT2D eigenvalue weighted by molar-refractivity contribution is 6.06. The zero-order valence-corrected chi connectivity index (χ0v) is 10.3. The van der Waals surface area contributed by atoms with Crippen LogP contribution in [0.2, 0.25) is 0 Å². The first-order chi connectivity index (χ1) is 8.68. The van der Waals surface area contributed by atoms with Gasteiger partial charge in [0.2, 0.25) is 0 Å². The molecule has 1 aromatic carbocycles. The first-order valence-corrected chi connectivity index (χ1v) is 6.10. The second-order valence-electron chi connectivity index (χ2n) is 5.23. The van der Waals surface area contributed by atoms with E-state index in [4.69, 9.17) is 4.74 Å². The third kappa shape index (κ3) is 1.88. The fourth-order valence-electron chi connectivity index (χ4n) is 2.22. The Labute approximate surface area is 105 Å². The van der Waals surface area contributed by atoms with Crippen molar-refractivity contribution in [3.8, 4) is 0 Å². The first-order valence-electron chi connectivity index (χ1n) is 6.10. The topological polar surface area (TPSA) is 54.1 Å². The van der Waals surface area contributed by atoms with Gasteiger partial charge >= 0.3 is 0 Å². The van der Waals surface area contributed by atoms with Crippen molar-refractivity contribution in [2.24, 2.45) is 5.41 Å². The molecule has 4 heteroatoms. The molecular formula is C14H16N2O2. The number of carbonyl (C=O) groups is 1. The highest BCUT2D eigenvalue weighted by Gasteiger charge is 2.33. The van der Waals surface area contributed by atoms with Crippen LogP contribution >= 0.6 is 0 Å². The van der Waals surface area contributed by atoms with Crippen LogP contribution in [-0.2, 0) is 4.74 Å². The summed E-state index contributed by atoms with van der Waals surface area (Å²) < 4.78 is 5.18. The van der Waals surface area contributed by atoms with Gasteiger partial charge in [0.25, 0.3) is 5.91 Å². The molecule has 0 bridgehead atoms. The van der Waals surface area contributed by atoms with Crippen LogP contribution in [0.4, 0.5) is 0 Å². The standard InChI is InChI=1S/C14H16N2O2/c1-14(8-18-9-14)7-16-13(17)11-3-2-4-12-10(11)5-6-15-12/h2-6,15H,7-9H2,1H3,(H,16,17). The van der Waals surface area contributed by atoms with Crippen LogP contribution in [0.3, 0.4) is 0 Å². The van der Waals surface area contributed by atoms with Crippen molar-refractivity contribution < 1.29 is 9.53 Å². The summed E-state index contributed by atoms with van der Waals surface area (Å²) in [5.41, 5.74) is 1.81. The number of fused-ring (bicyclic) bond motifs is 1. The molecule has 2 N–H and O–H groups in total. The number of benzene rings is 1. The van der Waals surface area contributed by atoms with Gasteiger partial charge in [-0.3, -0.25) is 4.79 Å². The van der Waals surface area contributed by atoms with Crippen LogP contribution < -0.4 is 5.32 Å². The van der Waals surface area contributed by atoms with Gasteiger partial charge in [0, 0.05) is 34.6 Å². The van der Waals surface area contributed by atoms with Gasteiger partial charge in [-0.1, -0.05) is 13.0 Å². The molecule has 2 aromatic rings. The normalized spacial score (nSPS) is 17.4. The number of hydrogen-bond acceptors (Lipinski definition) is 2. The van der Waals surface area contributed by atoms with Gasteiger partial charge in [0.1, 0.15) is 0 Å². The highest BCUT2D eigenvalue weighted by Crippen LogP contribution is 2.25. The summed E-state index contributed by atoms with van der Waals surface area (Å²) in [6.45, 7) is 4.23. The van der Waals surface area contributed by atoms with Crippen molar-refractivity contribution >= 4 is 16.8 Å². The van der Waals surface area contributed by atoms with E-state index in [2.05, 4.69) is 17.2 Å². The lowest BCUT2D eigenvalue weighted by atomic mass is 9.88. The number of H-pyrrole nitrogens is 1. The molecule has 1 aromatic heterocycles. The minimum absolute atomic E-state index is 0.0201. The summed E-state index contributed by atoms with van der Waals surface area (Å²) in [7, 11) is 0. The molecule has 1 fully saturated rings. The summed E-state index contributed by atoms with van der Waals surface area (Å²) in [4.78, 5) is 15.3. The van der Waals surface area contributed by atoms with Crippen molar-refractivity contribution in [3.63, 3.8) is 0 Å². The molecule has 18 heavy (non-hydrogen) atoms.